The van der Waals surface area contributed by atoms with Gasteiger partial charge in [0.25, 0.3) is 5.91 Å². The fraction of sp³-hybridized carbons (Fsp3) is 0.389. The Morgan fingerprint density at radius 3 is 2.36 bits per heavy atom. The number of benzene rings is 1. The Morgan fingerprint density at radius 2 is 1.79 bits per heavy atom. The van der Waals surface area contributed by atoms with Crippen LogP contribution in [0, 0.1) is 0 Å². The Balaban J connectivity index is 2.65. The maximum absolute atomic E-state index is 12.3. The summed E-state index contributed by atoms with van der Waals surface area (Å²) in [6.45, 7) is 1.75. The number of nitrogens with one attached hydrogen (secondary N) is 2. The maximum atomic E-state index is 12.3. The number of hydrogen-bond donors (Lipinski definition) is 2. The molecule has 0 heterocycles. The first-order valence-corrected chi connectivity index (χ1v) is 8.25. The summed E-state index contributed by atoms with van der Waals surface area (Å²) in [6.07, 6.45) is 1.18. The standard InChI is InChI=1S/C18H22F2N2O6/c1-10(2)21-18(25)22-16(24)11(3)27-15(23)8-6-12-5-7-13(28-17(19)20)14(9-12)26-4/h5-11,17H,1-4H3,(H2,21,22,24,25)/b8-6+. The number of carbonyl (C=O) groups excluding carboxylic acids is 3. The number of urea groups is 1. The first kappa shape index (κ1) is 22.9. The minimum Gasteiger partial charge on any atom is -0.493 e. The highest BCUT2D eigenvalue weighted by Gasteiger charge is 2.19. The molecule has 1 unspecified atom stereocenters. The second-order valence-corrected chi connectivity index (χ2v) is 5.82. The first-order chi connectivity index (χ1) is 13.1. The van der Waals surface area contributed by atoms with Crippen molar-refractivity contribution < 1.29 is 37.4 Å². The van der Waals surface area contributed by atoms with Gasteiger partial charge in [0, 0.05) is 12.1 Å². The van der Waals surface area contributed by atoms with Gasteiger partial charge in [-0.3, -0.25) is 10.1 Å². The van der Waals surface area contributed by atoms with Gasteiger partial charge in [-0.1, -0.05) is 6.07 Å². The van der Waals surface area contributed by atoms with Crippen LogP contribution in [0.15, 0.2) is 24.3 Å². The molecule has 1 atom stereocenters. The molecule has 0 bridgehead atoms. The zero-order valence-electron chi connectivity index (χ0n) is 15.8. The molecule has 0 aliphatic heterocycles. The molecule has 0 aliphatic rings. The lowest BCUT2D eigenvalue weighted by Gasteiger charge is -2.13. The fourth-order valence-corrected chi connectivity index (χ4v) is 1.92. The molecule has 0 saturated heterocycles. The highest BCUT2D eigenvalue weighted by atomic mass is 19.3. The summed E-state index contributed by atoms with van der Waals surface area (Å²) >= 11 is 0. The van der Waals surface area contributed by atoms with E-state index >= 15 is 0 Å². The minimum absolute atomic E-state index is 0.0553. The van der Waals surface area contributed by atoms with Crippen LogP contribution in [0.4, 0.5) is 13.6 Å². The highest BCUT2D eigenvalue weighted by Crippen LogP contribution is 2.29. The summed E-state index contributed by atoms with van der Waals surface area (Å²) in [5.74, 6) is -1.71. The van der Waals surface area contributed by atoms with Gasteiger partial charge in [0.2, 0.25) is 0 Å². The molecule has 154 valence electrons. The van der Waals surface area contributed by atoms with Crippen molar-refractivity contribution in [1.82, 2.24) is 10.6 Å². The molecule has 0 aliphatic carbocycles. The van der Waals surface area contributed by atoms with E-state index in [1.165, 1.54) is 38.3 Å². The zero-order valence-corrected chi connectivity index (χ0v) is 15.8. The van der Waals surface area contributed by atoms with E-state index in [2.05, 4.69) is 10.1 Å². The Kier molecular flexibility index (Phi) is 8.86. The molecule has 2 N–H and O–H groups in total. The normalized spacial score (nSPS) is 12.0. The summed E-state index contributed by atoms with van der Waals surface area (Å²) in [6, 6.07) is 3.21. The van der Waals surface area contributed by atoms with E-state index in [4.69, 9.17) is 9.47 Å². The van der Waals surface area contributed by atoms with Gasteiger partial charge in [-0.2, -0.15) is 8.78 Å². The number of amides is 3. The van der Waals surface area contributed by atoms with E-state index in [1.54, 1.807) is 13.8 Å². The van der Waals surface area contributed by atoms with E-state index in [-0.39, 0.29) is 17.5 Å². The van der Waals surface area contributed by atoms with Gasteiger partial charge in [-0.25, -0.2) is 9.59 Å². The lowest BCUT2D eigenvalue weighted by atomic mass is 10.2. The topological polar surface area (TPSA) is 103 Å². The van der Waals surface area contributed by atoms with Gasteiger partial charge < -0.3 is 19.5 Å². The number of imide groups is 1. The van der Waals surface area contributed by atoms with Gasteiger partial charge in [0.15, 0.2) is 17.6 Å². The van der Waals surface area contributed by atoms with Crippen LogP contribution < -0.4 is 20.1 Å². The third kappa shape index (κ3) is 8.02. The smallest absolute Gasteiger partial charge is 0.387 e. The van der Waals surface area contributed by atoms with Crippen LogP contribution in [0.2, 0.25) is 0 Å². The number of rotatable bonds is 8. The van der Waals surface area contributed by atoms with Crippen LogP contribution in [0.5, 0.6) is 11.5 Å². The van der Waals surface area contributed by atoms with Crippen molar-refractivity contribution in [2.24, 2.45) is 0 Å². The summed E-state index contributed by atoms with van der Waals surface area (Å²) in [5.41, 5.74) is 0.448. The van der Waals surface area contributed by atoms with Crippen molar-refractivity contribution in [3.63, 3.8) is 0 Å². The SMILES string of the molecule is COc1cc(/C=C/C(=O)OC(C)C(=O)NC(=O)NC(C)C)ccc1OC(F)F. The van der Waals surface area contributed by atoms with Crippen molar-refractivity contribution in [2.45, 2.75) is 39.5 Å². The van der Waals surface area contributed by atoms with Gasteiger partial charge >= 0.3 is 18.6 Å². The predicted molar refractivity (Wildman–Crippen MR) is 96.0 cm³/mol. The van der Waals surface area contributed by atoms with Crippen LogP contribution in [-0.2, 0) is 14.3 Å². The molecule has 0 radical (unpaired) electrons. The van der Waals surface area contributed by atoms with Crippen molar-refractivity contribution >= 4 is 24.0 Å². The van der Waals surface area contributed by atoms with E-state index in [0.717, 1.165) is 6.08 Å². The molecule has 0 saturated carbocycles. The molecule has 3 amide bonds. The average molecular weight is 400 g/mol. The zero-order chi connectivity index (χ0) is 21.3. The third-order valence-electron chi connectivity index (χ3n) is 3.13. The second-order valence-electron chi connectivity index (χ2n) is 5.82. The van der Waals surface area contributed by atoms with Gasteiger partial charge in [-0.05, 0) is 44.5 Å². The largest absolute Gasteiger partial charge is 0.493 e. The summed E-state index contributed by atoms with van der Waals surface area (Å²) in [7, 11) is 1.28. The van der Waals surface area contributed by atoms with Crippen LogP contribution in [0.3, 0.4) is 0 Å². The van der Waals surface area contributed by atoms with E-state index < -0.39 is 30.6 Å². The number of methoxy groups -OCH3 is 1. The predicted octanol–water partition coefficient (Wildman–Crippen LogP) is 2.48. The summed E-state index contributed by atoms with van der Waals surface area (Å²) in [5, 5.41) is 4.51. The summed E-state index contributed by atoms with van der Waals surface area (Å²) < 4.78 is 38.8. The molecule has 10 heteroatoms. The van der Waals surface area contributed by atoms with Crippen LogP contribution in [0.1, 0.15) is 26.3 Å². The quantitative estimate of drug-likeness (QED) is 0.513. The molecular formula is C18H22F2N2O6. The van der Waals surface area contributed by atoms with E-state index in [0.29, 0.717) is 5.56 Å². The number of halogens is 2. The average Bonchev–Trinajstić information content (AvgIpc) is 2.59. The number of carbonyl (C=O) groups is 3. The lowest BCUT2D eigenvalue weighted by molar-refractivity contribution is -0.149. The Hall–Kier alpha value is -3.17. The molecule has 0 fully saturated rings. The van der Waals surface area contributed by atoms with Gasteiger partial charge in [0.1, 0.15) is 0 Å². The lowest BCUT2D eigenvalue weighted by Crippen LogP contribution is -2.46. The van der Waals surface area contributed by atoms with Gasteiger partial charge in [-0.15, -0.1) is 0 Å². The first-order valence-electron chi connectivity index (χ1n) is 8.25. The number of ether oxygens (including phenoxy) is 3. The Morgan fingerprint density at radius 1 is 1.11 bits per heavy atom. The third-order valence-corrected chi connectivity index (χ3v) is 3.13. The number of alkyl halides is 2. The van der Waals surface area contributed by atoms with Crippen molar-refractivity contribution in [3.8, 4) is 11.5 Å². The Labute approximate surface area is 160 Å². The van der Waals surface area contributed by atoms with Crippen molar-refractivity contribution in [3.05, 3.63) is 29.8 Å². The van der Waals surface area contributed by atoms with Crippen molar-refractivity contribution in [2.75, 3.05) is 7.11 Å². The van der Waals surface area contributed by atoms with E-state index in [1.807, 2.05) is 5.32 Å². The molecule has 1 rings (SSSR count). The van der Waals surface area contributed by atoms with Gasteiger partial charge in [0.05, 0.1) is 7.11 Å². The van der Waals surface area contributed by atoms with Crippen molar-refractivity contribution in [1.29, 1.82) is 0 Å². The second kappa shape index (κ2) is 10.9. The minimum atomic E-state index is -3.00. The Bertz CT molecular complexity index is 737. The van der Waals surface area contributed by atoms with Crippen LogP contribution in [-0.4, -0.2) is 43.8 Å². The monoisotopic (exact) mass is 400 g/mol. The number of esters is 1. The number of hydrogen-bond acceptors (Lipinski definition) is 6. The van der Waals surface area contributed by atoms with E-state index in [9.17, 15) is 23.2 Å². The fourth-order valence-electron chi connectivity index (χ4n) is 1.92. The molecule has 0 spiro atoms. The molecule has 1 aromatic carbocycles. The maximum Gasteiger partial charge on any atom is 0.387 e. The molecule has 8 nitrogen and oxygen atoms in total. The molecule has 28 heavy (non-hydrogen) atoms. The van der Waals surface area contributed by atoms with Crippen LogP contribution >= 0.6 is 0 Å². The molecular weight excluding hydrogens is 378 g/mol. The molecule has 0 aromatic heterocycles. The highest BCUT2D eigenvalue weighted by molar-refractivity contribution is 5.98. The summed E-state index contributed by atoms with van der Waals surface area (Å²) in [4.78, 5) is 35.1. The molecule has 1 aromatic rings. The van der Waals surface area contributed by atoms with Crippen LogP contribution in [0.25, 0.3) is 6.08 Å².